The Kier molecular flexibility index (Phi) is 12.4. The lowest BCUT2D eigenvalue weighted by molar-refractivity contribution is 0.0110. The molecule has 1 fully saturated rings. The number of nitrogens with zero attached hydrogens (tertiary/aromatic N) is 2. The molecule has 0 saturated carbocycles. The lowest BCUT2D eigenvalue weighted by atomic mass is 9.81. The van der Waals surface area contributed by atoms with Crippen LogP contribution in [0.5, 0.6) is 17.2 Å². The predicted octanol–water partition coefficient (Wildman–Crippen LogP) is 7.90. The van der Waals surface area contributed by atoms with Gasteiger partial charge in [-0.05, 0) is 62.8 Å². The van der Waals surface area contributed by atoms with Crippen LogP contribution in [0.25, 0.3) is 0 Å². The molecular weight excluding hydrogens is 678 g/mol. The van der Waals surface area contributed by atoms with Crippen LogP contribution >= 0.6 is 11.6 Å². The first kappa shape index (κ1) is 38.2. The van der Waals surface area contributed by atoms with Gasteiger partial charge in [0.1, 0.15) is 27.8 Å². The third-order valence-electron chi connectivity index (χ3n) is 8.15. The zero-order valence-electron chi connectivity index (χ0n) is 29.0. The van der Waals surface area contributed by atoms with Gasteiger partial charge in [-0.1, -0.05) is 43.6 Å². The van der Waals surface area contributed by atoms with Crippen LogP contribution < -0.4 is 14.2 Å². The Morgan fingerprint density at radius 2 is 1.69 bits per heavy atom. The highest BCUT2D eigenvalue weighted by Crippen LogP contribution is 2.36. The molecule has 49 heavy (non-hydrogen) atoms. The van der Waals surface area contributed by atoms with E-state index in [1.54, 1.807) is 56.0 Å². The zero-order valence-corrected chi connectivity index (χ0v) is 30.5. The summed E-state index contributed by atoms with van der Waals surface area (Å²) in [5.41, 5.74) is 0.801. The maximum atomic E-state index is 15.7. The molecule has 3 aromatic carbocycles. The summed E-state index contributed by atoms with van der Waals surface area (Å²) >= 11 is 6.11. The standard InChI is InChI=1S/C36H45ClF2N2O7S/c1-23(2)19-41(21-25-10-13-28(45-6)16-32(25)46-7)49(43,44)34-18-30(38)33(17-31(34)39)47-22-26-20-40(35(42)48-36(3,4)5)15-14-29(26)24-8-11-27(37)12-9-24/h8-13,16-18,23,26,29H,14-15,19-22H2,1-7H3/t26-,29-/m1/s1. The highest BCUT2D eigenvalue weighted by molar-refractivity contribution is 7.89. The molecule has 1 amide bonds. The summed E-state index contributed by atoms with van der Waals surface area (Å²) in [6.45, 7) is 9.50. The van der Waals surface area contributed by atoms with E-state index in [4.69, 9.17) is 30.5 Å². The molecule has 0 N–H and O–H groups in total. The van der Waals surface area contributed by atoms with Gasteiger partial charge < -0.3 is 23.8 Å². The van der Waals surface area contributed by atoms with Crippen molar-refractivity contribution in [2.24, 2.45) is 11.8 Å². The smallest absolute Gasteiger partial charge is 0.410 e. The number of carbonyl (C=O) groups excluding carboxylic acids is 1. The van der Waals surface area contributed by atoms with Crippen molar-refractivity contribution in [2.45, 2.75) is 64.0 Å². The monoisotopic (exact) mass is 722 g/mol. The third-order valence-corrected chi connectivity index (χ3v) is 10.2. The normalized spacial score (nSPS) is 16.9. The summed E-state index contributed by atoms with van der Waals surface area (Å²) in [6, 6.07) is 13.7. The second-order valence-corrected chi connectivity index (χ2v) is 15.9. The summed E-state index contributed by atoms with van der Waals surface area (Å²) < 4.78 is 82.2. The average molecular weight is 723 g/mol. The van der Waals surface area contributed by atoms with Gasteiger partial charge in [0.15, 0.2) is 11.6 Å². The third kappa shape index (κ3) is 9.76. The molecule has 4 rings (SSSR count). The number of piperidine rings is 1. The molecular formula is C36H45ClF2N2O7S. The van der Waals surface area contributed by atoms with Gasteiger partial charge in [0.25, 0.3) is 0 Å². The predicted molar refractivity (Wildman–Crippen MR) is 184 cm³/mol. The Morgan fingerprint density at radius 3 is 2.31 bits per heavy atom. The van der Waals surface area contributed by atoms with Gasteiger partial charge in [0.2, 0.25) is 10.0 Å². The van der Waals surface area contributed by atoms with Gasteiger partial charge in [0, 0.05) is 60.9 Å². The topological polar surface area (TPSA) is 94.6 Å². The first-order chi connectivity index (χ1) is 23.0. The number of ether oxygens (including phenoxy) is 4. The van der Waals surface area contributed by atoms with Crippen LogP contribution in [-0.2, 0) is 21.3 Å². The van der Waals surface area contributed by atoms with E-state index in [0.29, 0.717) is 41.1 Å². The number of hydrogen-bond donors (Lipinski definition) is 0. The van der Waals surface area contributed by atoms with Crippen molar-refractivity contribution in [3.8, 4) is 17.2 Å². The van der Waals surface area contributed by atoms with Crippen LogP contribution in [0.2, 0.25) is 5.02 Å². The van der Waals surface area contributed by atoms with E-state index < -0.39 is 44.0 Å². The Labute approximate surface area is 293 Å². The molecule has 0 aromatic heterocycles. The first-order valence-corrected chi connectivity index (χ1v) is 17.9. The summed E-state index contributed by atoms with van der Waals surface area (Å²) in [6.07, 6.45) is 0.102. The minimum absolute atomic E-state index is 0.0404. The quantitative estimate of drug-likeness (QED) is 0.188. The van der Waals surface area contributed by atoms with Crippen molar-refractivity contribution in [3.63, 3.8) is 0 Å². The van der Waals surface area contributed by atoms with Crippen LogP contribution in [0.1, 0.15) is 58.1 Å². The minimum Gasteiger partial charge on any atom is -0.497 e. The van der Waals surface area contributed by atoms with Gasteiger partial charge in [-0.3, -0.25) is 0 Å². The van der Waals surface area contributed by atoms with E-state index in [-0.39, 0.29) is 44.0 Å². The van der Waals surface area contributed by atoms with Crippen molar-refractivity contribution in [3.05, 3.63) is 82.4 Å². The summed E-state index contributed by atoms with van der Waals surface area (Å²) in [4.78, 5) is 13.7. The molecule has 1 heterocycles. The molecule has 0 aliphatic carbocycles. The number of hydrogen-bond acceptors (Lipinski definition) is 7. The SMILES string of the molecule is COc1ccc(CN(CC(C)C)S(=O)(=O)c2cc(F)c(OC[C@H]3CN(C(=O)OC(C)(C)C)CC[C@@H]3c3ccc(Cl)cc3)cc2F)c(OC)c1. The van der Waals surface area contributed by atoms with E-state index >= 15 is 8.78 Å². The van der Waals surface area contributed by atoms with Gasteiger partial charge in [0.05, 0.1) is 20.8 Å². The van der Waals surface area contributed by atoms with Crippen LogP contribution in [0.3, 0.4) is 0 Å². The van der Waals surface area contributed by atoms with E-state index in [1.807, 2.05) is 26.0 Å². The van der Waals surface area contributed by atoms with Crippen LogP contribution in [0.4, 0.5) is 13.6 Å². The highest BCUT2D eigenvalue weighted by atomic mass is 35.5. The molecule has 1 aliphatic heterocycles. The maximum absolute atomic E-state index is 15.7. The van der Waals surface area contributed by atoms with Gasteiger partial charge >= 0.3 is 6.09 Å². The van der Waals surface area contributed by atoms with Gasteiger partial charge in [-0.25, -0.2) is 22.0 Å². The van der Waals surface area contributed by atoms with Crippen molar-refractivity contribution in [1.29, 1.82) is 0 Å². The number of carbonyl (C=O) groups is 1. The second-order valence-electron chi connectivity index (χ2n) is 13.5. The van der Waals surface area contributed by atoms with Crippen molar-refractivity contribution in [1.82, 2.24) is 9.21 Å². The molecule has 0 bridgehead atoms. The summed E-state index contributed by atoms with van der Waals surface area (Å²) in [5.74, 6) is -2.24. The van der Waals surface area contributed by atoms with Crippen molar-refractivity contribution >= 4 is 27.7 Å². The number of benzene rings is 3. The number of rotatable bonds is 12. The van der Waals surface area contributed by atoms with E-state index in [0.717, 1.165) is 15.9 Å². The number of likely N-dealkylation sites (tertiary alicyclic amines) is 1. The first-order valence-electron chi connectivity index (χ1n) is 16.1. The Balaban J connectivity index is 1.59. The number of amides is 1. The molecule has 0 radical (unpaired) electrons. The van der Waals surface area contributed by atoms with Crippen LogP contribution in [0.15, 0.2) is 59.5 Å². The molecule has 1 aliphatic rings. The van der Waals surface area contributed by atoms with Gasteiger partial charge in [-0.2, -0.15) is 4.31 Å². The Bertz CT molecular complexity index is 1720. The lowest BCUT2D eigenvalue weighted by Gasteiger charge is -2.39. The molecule has 0 spiro atoms. The maximum Gasteiger partial charge on any atom is 0.410 e. The fourth-order valence-electron chi connectivity index (χ4n) is 5.82. The minimum atomic E-state index is -4.51. The summed E-state index contributed by atoms with van der Waals surface area (Å²) in [7, 11) is -1.56. The van der Waals surface area contributed by atoms with Crippen LogP contribution in [0, 0.1) is 23.5 Å². The molecule has 9 nitrogen and oxygen atoms in total. The van der Waals surface area contributed by atoms with Crippen molar-refractivity contribution in [2.75, 3.05) is 40.5 Å². The lowest BCUT2D eigenvalue weighted by Crippen LogP contribution is -2.46. The van der Waals surface area contributed by atoms with E-state index in [1.165, 1.54) is 14.2 Å². The van der Waals surface area contributed by atoms with Crippen LogP contribution in [-0.4, -0.2) is 69.8 Å². The molecule has 2 atom stereocenters. The summed E-state index contributed by atoms with van der Waals surface area (Å²) in [5, 5.41) is 0.574. The number of halogens is 3. The Hall–Kier alpha value is -3.61. The molecule has 13 heteroatoms. The molecule has 1 saturated heterocycles. The number of sulfonamides is 1. The fraction of sp³-hybridized carbons (Fsp3) is 0.472. The zero-order chi connectivity index (χ0) is 36.1. The van der Waals surface area contributed by atoms with E-state index in [9.17, 15) is 13.2 Å². The molecule has 268 valence electrons. The highest BCUT2D eigenvalue weighted by Gasteiger charge is 2.36. The van der Waals surface area contributed by atoms with Gasteiger partial charge in [-0.15, -0.1) is 0 Å². The molecule has 3 aromatic rings. The second kappa shape index (κ2) is 15.9. The molecule has 0 unspecified atom stereocenters. The fourth-order valence-corrected chi connectivity index (χ4v) is 7.59. The van der Waals surface area contributed by atoms with E-state index in [2.05, 4.69) is 0 Å². The van der Waals surface area contributed by atoms with Crippen molar-refractivity contribution < 1.29 is 40.9 Å². The Morgan fingerprint density at radius 1 is 1.00 bits per heavy atom. The number of methoxy groups -OCH3 is 2. The largest absolute Gasteiger partial charge is 0.497 e. The average Bonchev–Trinajstić information content (AvgIpc) is 3.04.